The molecule has 1 aromatic carbocycles. The maximum atomic E-state index is 13.7. The van der Waals surface area contributed by atoms with Crippen LogP contribution in [0.1, 0.15) is 27.2 Å². The second-order valence-electron chi connectivity index (χ2n) is 6.02. The average molecular weight is 363 g/mol. The molecule has 20 heavy (non-hydrogen) atoms. The number of hydrogen-bond donors (Lipinski definition) is 1. The molecule has 110 valence electrons. The maximum Gasteiger partial charge on any atom is 0.161 e. The van der Waals surface area contributed by atoms with Gasteiger partial charge in [-0.1, -0.05) is 32.5 Å². The minimum absolute atomic E-state index is 0.118. The van der Waals surface area contributed by atoms with E-state index in [0.717, 1.165) is 18.6 Å². The summed E-state index contributed by atoms with van der Waals surface area (Å²) in [6, 6.07) is 2.25. The van der Waals surface area contributed by atoms with Crippen LogP contribution >= 0.6 is 27.7 Å². The molecule has 1 N–H and O–H groups in total. The van der Waals surface area contributed by atoms with Gasteiger partial charge in [0.05, 0.1) is 16.7 Å². The number of benzene rings is 1. The lowest BCUT2D eigenvalue weighted by Crippen LogP contribution is -2.16. The topological polar surface area (TPSA) is 24.4 Å². The second kappa shape index (κ2) is 6.02. The Morgan fingerprint density at radius 2 is 2.05 bits per heavy atom. The SMILES string of the molecule is CC(C)(C)CC1CN=C(Nc2cc(F)c(Br)cc2F)S1. The van der Waals surface area contributed by atoms with Crippen molar-refractivity contribution in [2.75, 3.05) is 11.9 Å². The Labute approximate surface area is 130 Å². The normalized spacial score (nSPS) is 19.1. The quantitative estimate of drug-likeness (QED) is 0.744. The molecule has 0 aromatic heterocycles. The Kier molecular flexibility index (Phi) is 4.74. The van der Waals surface area contributed by atoms with Crippen LogP contribution in [0.5, 0.6) is 0 Å². The van der Waals surface area contributed by atoms with E-state index >= 15 is 0 Å². The molecule has 0 radical (unpaired) electrons. The van der Waals surface area contributed by atoms with Gasteiger partial charge in [0.25, 0.3) is 0 Å². The largest absolute Gasteiger partial charge is 0.332 e. The van der Waals surface area contributed by atoms with E-state index in [1.165, 1.54) is 0 Å². The molecule has 1 atom stereocenters. The molecule has 2 nitrogen and oxygen atoms in total. The zero-order chi connectivity index (χ0) is 14.9. The molecule has 0 fully saturated rings. The van der Waals surface area contributed by atoms with Crippen LogP contribution < -0.4 is 5.32 Å². The third-order valence-electron chi connectivity index (χ3n) is 2.81. The summed E-state index contributed by atoms with van der Waals surface area (Å²) in [5.74, 6) is -0.996. The van der Waals surface area contributed by atoms with Crippen molar-refractivity contribution in [3.05, 3.63) is 28.2 Å². The minimum atomic E-state index is -0.499. The number of anilines is 1. The fraction of sp³-hybridized carbons (Fsp3) is 0.500. The molecule has 6 heteroatoms. The number of hydrogen-bond acceptors (Lipinski definition) is 3. The standard InChI is InChI=1S/C14H17BrF2N2S/c1-14(2,3)6-8-7-18-13(20-8)19-12-5-10(16)9(15)4-11(12)17/h4-5,8H,6-7H2,1-3H3,(H,18,19). The number of aliphatic imine (C=N–C) groups is 1. The van der Waals surface area contributed by atoms with Crippen LogP contribution in [0, 0.1) is 17.0 Å². The number of thioether (sulfide) groups is 1. The van der Waals surface area contributed by atoms with Crippen molar-refractivity contribution < 1.29 is 8.78 Å². The number of amidine groups is 1. The van der Waals surface area contributed by atoms with Crippen LogP contribution in [-0.4, -0.2) is 17.0 Å². The summed E-state index contributed by atoms with van der Waals surface area (Å²) in [6.45, 7) is 7.26. The molecule has 1 heterocycles. The van der Waals surface area contributed by atoms with Crippen molar-refractivity contribution in [3.63, 3.8) is 0 Å². The maximum absolute atomic E-state index is 13.7. The van der Waals surface area contributed by atoms with Crippen LogP contribution in [0.25, 0.3) is 0 Å². The van der Waals surface area contributed by atoms with Crippen molar-refractivity contribution in [2.24, 2.45) is 10.4 Å². The molecular formula is C14H17BrF2N2S. The van der Waals surface area contributed by atoms with Gasteiger partial charge in [-0.15, -0.1) is 0 Å². The molecule has 1 unspecified atom stereocenters. The number of rotatable bonds is 2. The first-order valence-corrected chi connectivity index (χ1v) is 8.04. The van der Waals surface area contributed by atoms with Gasteiger partial charge in [-0.05, 0) is 33.8 Å². The first-order valence-electron chi connectivity index (χ1n) is 6.37. The highest BCUT2D eigenvalue weighted by Gasteiger charge is 2.25. The zero-order valence-corrected chi connectivity index (χ0v) is 14.0. The number of nitrogens with zero attached hydrogens (tertiary/aromatic N) is 1. The van der Waals surface area contributed by atoms with E-state index in [0.29, 0.717) is 17.0 Å². The van der Waals surface area contributed by atoms with E-state index < -0.39 is 11.6 Å². The second-order valence-corrected chi connectivity index (χ2v) is 8.17. The van der Waals surface area contributed by atoms with Crippen molar-refractivity contribution in [2.45, 2.75) is 32.4 Å². The molecule has 0 saturated carbocycles. The van der Waals surface area contributed by atoms with Gasteiger partial charge in [0.15, 0.2) is 5.17 Å². The molecule has 1 aliphatic heterocycles. The van der Waals surface area contributed by atoms with Crippen LogP contribution in [0.2, 0.25) is 0 Å². The van der Waals surface area contributed by atoms with Crippen LogP contribution in [0.15, 0.2) is 21.6 Å². The number of halogens is 3. The van der Waals surface area contributed by atoms with E-state index in [4.69, 9.17) is 0 Å². The van der Waals surface area contributed by atoms with Gasteiger partial charge in [-0.25, -0.2) is 8.78 Å². The fourth-order valence-electron chi connectivity index (χ4n) is 2.01. The molecule has 0 aliphatic carbocycles. The lowest BCUT2D eigenvalue weighted by molar-refractivity contribution is 0.375. The predicted octanol–water partition coefficient (Wildman–Crippen LogP) is 5.05. The van der Waals surface area contributed by atoms with Gasteiger partial charge in [-0.2, -0.15) is 0 Å². The molecule has 2 rings (SSSR count). The van der Waals surface area contributed by atoms with Gasteiger partial charge >= 0.3 is 0 Å². The summed E-state index contributed by atoms with van der Waals surface area (Å²) in [6.07, 6.45) is 1.03. The van der Waals surface area contributed by atoms with Crippen LogP contribution in [-0.2, 0) is 0 Å². The number of nitrogens with one attached hydrogen (secondary N) is 1. The summed E-state index contributed by atoms with van der Waals surface area (Å²) < 4.78 is 27.3. The summed E-state index contributed by atoms with van der Waals surface area (Å²) >= 11 is 4.55. The van der Waals surface area contributed by atoms with E-state index in [1.54, 1.807) is 11.8 Å². The Hall–Kier alpha value is -0.620. The lowest BCUT2D eigenvalue weighted by atomic mass is 9.90. The van der Waals surface area contributed by atoms with Gasteiger partial charge in [0.2, 0.25) is 0 Å². The Morgan fingerprint density at radius 1 is 1.35 bits per heavy atom. The first kappa shape index (κ1) is 15.8. The smallest absolute Gasteiger partial charge is 0.161 e. The summed E-state index contributed by atoms with van der Waals surface area (Å²) in [4.78, 5) is 4.36. The molecular weight excluding hydrogens is 346 g/mol. The third-order valence-corrected chi connectivity index (χ3v) is 4.52. The predicted molar refractivity (Wildman–Crippen MR) is 85.4 cm³/mol. The van der Waals surface area contributed by atoms with Crippen LogP contribution in [0.3, 0.4) is 0 Å². The van der Waals surface area contributed by atoms with Gasteiger partial charge in [0, 0.05) is 11.3 Å². The molecule has 0 spiro atoms. The van der Waals surface area contributed by atoms with Gasteiger partial charge in [-0.3, -0.25) is 4.99 Å². The van der Waals surface area contributed by atoms with Crippen molar-refractivity contribution in [1.29, 1.82) is 0 Å². The molecule has 0 saturated heterocycles. The van der Waals surface area contributed by atoms with E-state index in [2.05, 4.69) is 47.0 Å². The van der Waals surface area contributed by atoms with Gasteiger partial charge < -0.3 is 5.32 Å². The summed E-state index contributed by atoms with van der Waals surface area (Å²) in [5, 5.41) is 3.91. The Morgan fingerprint density at radius 3 is 2.70 bits per heavy atom. The van der Waals surface area contributed by atoms with Gasteiger partial charge in [0.1, 0.15) is 11.6 Å². The zero-order valence-electron chi connectivity index (χ0n) is 11.6. The Bertz CT molecular complexity index is 541. The summed E-state index contributed by atoms with van der Waals surface area (Å²) in [7, 11) is 0. The Balaban J connectivity index is 2.01. The van der Waals surface area contributed by atoms with Crippen LogP contribution in [0.4, 0.5) is 14.5 Å². The highest BCUT2D eigenvalue weighted by atomic mass is 79.9. The minimum Gasteiger partial charge on any atom is -0.332 e. The molecule has 0 bridgehead atoms. The molecule has 1 aromatic rings. The highest BCUT2D eigenvalue weighted by molar-refractivity contribution is 9.10. The fourth-order valence-corrected chi connectivity index (χ4v) is 3.69. The average Bonchev–Trinajstić information content (AvgIpc) is 2.71. The monoisotopic (exact) mass is 362 g/mol. The lowest BCUT2D eigenvalue weighted by Gasteiger charge is -2.21. The highest BCUT2D eigenvalue weighted by Crippen LogP contribution is 2.33. The van der Waals surface area contributed by atoms with E-state index in [-0.39, 0.29) is 15.6 Å². The van der Waals surface area contributed by atoms with E-state index in [1.807, 2.05) is 0 Å². The third kappa shape index (κ3) is 4.19. The van der Waals surface area contributed by atoms with Crippen molar-refractivity contribution in [1.82, 2.24) is 0 Å². The summed E-state index contributed by atoms with van der Waals surface area (Å²) in [5.41, 5.74) is 0.353. The molecule has 1 aliphatic rings. The van der Waals surface area contributed by atoms with E-state index in [9.17, 15) is 8.78 Å². The molecule has 0 amide bonds. The first-order chi connectivity index (χ1) is 9.24. The van der Waals surface area contributed by atoms with Crippen molar-refractivity contribution >= 4 is 38.5 Å². The van der Waals surface area contributed by atoms with Crippen molar-refractivity contribution in [3.8, 4) is 0 Å².